The summed E-state index contributed by atoms with van der Waals surface area (Å²) in [5.41, 5.74) is 1.25. The van der Waals surface area contributed by atoms with Crippen molar-refractivity contribution in [3.8, 4) is 0 Å². The predicted octanol–water partition coefficient (Wildman–Crippen LogP) is 1.77. The van der Waals surface area contributed by atoms with Crippen LogP contribution in [0.2, 0.25) is 0 Å². The molecule has 2 nitrogen and oxygen atoms in total. The average Bonchev–Trinajstić information content (AvgIpc) is 2.44. The molecule has 0 saturated heterocycles. The van der Waals surface area contributed by atoms with Crippen molar-refractivity contribution in [1.29, 1.82) is 0 Å². The van der Waals surface area contributed by atoms with Crippen LogP contribution >= 0.6 is 11.3 Å². The largest absolute Gasteiger partial charge is 0.320 e. The van der Waals surface area contributed by atoms with Gasteiger partial charge in [0.05, 0.1) is 10.2 Å². The van der Waals surface area contributed by atoms with Gasteiger partial charge in [0, 0.05) is 14.1 Å². The van der Waals surface area contributed by atoms with Crippen LogP contribution in [0.25, 0.3) is 10.2 Å². The summed E-state index contributed by atoms with van der Waals surface area (Å²) in [6.45, 7) is 0. The highest BCUT2D eigenvalue weighted by Gasteiger charge is 1.98. The molecule has 62 valence electrons. The van der Waals surface area contributed by atoms with Crippen molar-refractivity contribution in [3.63, 3.8) is 0 Å². The molecule has 0 fully saturated rings. The number of nitrogens with zero attached hydrogens (tertiary/aromatic N) is 2. The highest BCUT2D eigenvalue weighted by atomic mass is 32.1. The molecule has 2 aromatic rings. The summed E-state index contributed by atoms with van der Waals surface area (Å²) in [4.78, 5) is 5.25. The van der Waals surface area contributed by atoms with Gasteiger partial charge in [-0.15, -0.1) is 0 Å². The summed E-state index contributed by atoms with van der Waals surface area (Å²) in [6, 6.07) is 8.34. The van der Waals surface area contributed by atoms with Gasteiger partial charge in [-0.05, 0) is 12.1 Å². The lowest BCUT2D eigenvalue weighted by Crippen LogP contribution is -2.08. The van der Waals surface area contributed by atoms with Crippen LogP contribution in [0, 0.1) is 0 Å². The second-order valence-corrected chi connectivity index (χ2v) is 3.64. The number of hydrogen-bond donors (Lipinski definition) is 0. The third-order valence-electron chi connectivity index (χ3n) is 1.91. The summed E-state index contributed by atoms with van der Waals surface area (Å²) in [5, 5.41) is 0. The summed E-state index contributed by atoms with van der Waals surface area (Å²) in [5.74, 6) is 0. The highest BCUT2D eigenvalue weighted by molar-refractivity contribution is 7.16. The maximum atomic E-state index is 4.19. The molecule has 1 heterocycles. The highest BCUT2D eigenvalue weighted by Crippen LogP contribution is 2.14. The summed E-state index contributed by atoms with van der Waals surface area (Å²) >= 11 is 1.72. The van der Waals surface area contributed by atoms with Crippen LogP contribution in [-0.2, 0) is 7.05 Å². The fourth-order valence-electron chi connectivity index (χ4n) is 1.29. The first kappa shape index (κ1) is 7.55. The Labute approximate surface area is 74.8 Å². The van der Waals surface area contributed by atoms with Crippen LogP contribution in [0.1, 0.15) is 0 Å². The molecule has 0 aliphatic rings. The van der Waals surface area contributed by atoms with Crippen LogP contribution in [0.15, 0.2) is 29.3 Å². The van der Waals surface area contributed by atoms with E-state index in [4.69, 9.17) is 0 Å². The third-order valence-corrected chi connectivity index (χ3v) is 3.11. The molecule has 0 atom stereocenters. The van der Waals surface area contributed by atoms with Crippen molar-refractivity contribution in [3.05, 3.63) is 29.1 Å². The summed E-state index contributed by atoms with van der Waals surface area (Å²) in [6.07, 6.45) is 0. The van der Waals surface area contributed by atoms with Gasteiger partial charge in [-0.25, -0.2) is 0 Å². The van der Waals surface area contributed by atoms with E-state index in [1.165, 1.54) is 10.2 Å². The fourth-order valence-corrected chi connectivity index (χ4v) is 2.27. The van der Waals surface area contributed by atoms with Gasteiger partial charge in [0.15, 0.2) is 4.80 Å². The topological polar surface area (TPSA) is 17.3 Å². The molecule has 2 rings (SSSR count). The molecule has 0 radical (unpaired) electrons. The van der Waals surface area contributed by atoms with Crippen molar-refractivity contribution >= 4 is 21.6 Å². The Bertz CT molecular complexity index is 465. The van der Waals surface area contributed by atoms with E-state index < -0.39 is 0 Å². The smallest absolute Gasteiger partial charge is 0.185 e. The quantitative estimate of drug-likeness (QED) is 0.585. The second-order valence-electron chi connectivity index (χ2n) is 2.63. The molecule has 0 aliphatic heterocycles. The van der Waals surface area contributed by atoms with Gasteiger partial charge in [0.25, 0.3) is 0 Å². The number of aromatic nitrogens is 1. The first-order chi connectivity index (χ1) is 5.83. The molecule has 0 unspecified atom stereocenters. The van der Waals surface area contributed by atoms with E-state index in [9.17, 15) is 0 Å². The van der Waals surface area contributed by atoms with Gasteiger partial charge < -0.3 is 4.57 Å². The molecule has 0 aliphatic carbocycles. The third kappa shape index (κ3) is 0.975. The van der Waals surface area contributed by atoms with Crippen LogP contribution in [0.5, 0.6) is 0 Å². The molecule has 0 amide bonds. The van der Waals surface area contributed by atoms with E-state index in [0.29, 0.717) is 0 Å². The molecular weight excluding hydrogens is 168 g/mol. The lowest BCUT2D eigenvalue weighted by molar-refractivity contribution is 0.904. The zero-order valence-corrected chi connectivity index (χ0v) is 7.93. The van der Waals surface area contributed by atoms with Crippen molar-refractivity contribution < 1.29 is 0 Å². The first-order valence-electron chi connectivity index (χ1n) is 3.80. The van der Waals surface area contributed by atoms with Crippen LogP contribution < -0.4 is 4.80 Å². The maximum Gasteiger partial charge on any atom is 0.185 e. The molecule has 0 spiro atoms. The van der Waals surface area contributed by atoms with E-state index in [2.05, 4.69) is 33.8 Å². The van der Waals surface area contributed by atoms with Crippen LogP contribution in [0.4, 0.5) is 0 Å². The molecule has 3 heteroatoms. The summed E-state index contributed by atoms with van der Waals surface area (Å²) < 4.78 is 3.40. The van der Waals surface area contributed by atoms with E-state index in [0.717, 1.165) is 4.80 Å². The lowest BCUT2D eigenvalue weighted by Gasteiger charge is -1.92. The van der Waals surface area contributed by atoms with Crippen molar-refractivity contribution in [2.75, 3.05) is 7.05 Å². The molecule has 12 heavy (non-hydrogen) atoms. The van der Waals surface area contributed by atoms with Gasteiger partial charge in [0.2, 0.25) is 0 Å². The Kier molecular flexibility index (Phi) is 1.73. The minimum Gasteiger partial charge on any atom is -0.320 e. The molecule has 1 aromatic carbocycles. The normalized spacial score (nSPS) is 12.7. The number of para-hydroxylation sites is 1. The van der Waals surface area contributed by atoms with E-state index in [1.807, 2.05) is 14.1 Å². The minimum absolute atomic E-state index is 1.07. The molecule has 0 bridgehead atoms. The number of fused-ring (bicyclic) bond motifs is 1. The van der Waals surface area contributed by atoms with Gasteiger partial charge in [-0.1, -0.05) is 23.5 Å². The Morgan fingerprint density at radius 2 is 2.08 bits per heavy atom. The average molecular weight is 178 g/mol. The van der Waals surface area contributed by atoms with Gasteiger partial charge >= 0.3 is 0 Å². The lowest BCUT2D eigenvalue weighted by atomic mass is 10.3. The molecule has 1 aromatic heterocycles. The Balaban J connectivity index is 2.98. The minimum atomic E-state index is 1.07. The number of aryl methyl sites for hydroxylation is 1. The summed E-state index contributed by atoms with van der Waals surface area (Å²) in [7, 11) is 3.87. The van der Waals surface area contributed by atoms with Gasteiger partial charge in [-0.2, -0.15) is 0 Å². The maximum absolute atomic E-state index is 4.19. The first-order valence-corrected chi connectivity index (χ1v) is 4.62. The van der Waals surface area contributed by atoms with Crippen molar-refractivity contribution in [2.24, 2.45) is 12.0 Å². The molecule has 0 N–H and O–H groups in total. The van der Waals surface area contributed by atoms with Crippen LogP contribution in [0.3, 0.4) is 0 Å². The fraction of sp³-hybridized carbons (Fsp3) is 0.222. The zero-order chi connectivity index (χ0) is 8.55. The SMILES string of the molecule is C/N=c1/sc2ccccc2n1C. The van der Waals surface area contributed by atoms with E-state index in [-0.39, 0.29) is 0 Å². The van der Waals surface area contributed by atoms with E-state index in [1.54, 1.807) is 11.3 Å². The van der Waals surface area contributed by atoms with Gasteiger partial charge in [-0.3, -0.25) is 4.99 Å². The standard InChI is InChI=1S/C9H10N2S/c1-10-9-11(2)7-5-3-4-6-8(7)12-9/h3-6H,1-2H3/b10-9+. The Morgan fingerprint density at radius 1 is 1.33 bits per heavy atom. The number of thiazole rings is 1. The second kappa shape index (κ2) is 2.75. The Morgan fingerprint density at radius 3 is 2.75 bits per heavy atom. The van der Waals surface area contributed by atoms with Crippen molar-refractivity contribution in [2.45, 2.75) is 0 Å². The van der Waals surface area contributed by atoms with E-state index >= 15 is 0 Å². The predicted molar refractivity (Wildman–Crippen MR) is 52.3 cm³/mol. The van der Waals surface area contributed by atoms with Crippen LogP contribution in [-0.4, -0.2) is 11.6 Å². The zero-order valence-electron chi connectivity index (χ0n) is 7.11. The molecular formula is C9H10N2S. The molecule has 0 saturated carbocycles. The monoisotopic (exact) mass is 178 g/mol. The number of benzene rings is 1. The Hall–Kier alpha value is -1.09. The van der Waals surface area contributed by atoms with Crippen molar-refractivity contribution in [1.82, 2.24) is 4.57 Å². The van der Waals surface area contributed by atoms with Gasteiger partial charge in [0.1, 0.15) is 0 Å². The number of rotatable bonds is 0. The number of hydrogen-bond acceptors (Lipinski definition) is 2.